The molecule has 2 aromatic rings. The second-order valence-corrected chi connectivity index (χ2v) is 4.56. The molecule has 0 aliphatic carbocycles. The maximum absolute atomic E-state index is 13.3. The van der Waals surface area contributed by atoms with Crippen molar-refractivity contribution in [2.45, 2.75) is 18.9 Å². The molecule has 0 saturated heterocycles. The minimum absolute atomic E-state index is 0.0815. The minimum atomic E-state index is -0.444. The number of hydrogen-bond acceptors (Lipinski definition) is 1. The molecule has 0 heterocycles. The fourth-order valence-corrected chi connectivity index (χ4v) is 2.11. The van der Waals surface area contributed by atoms with E-state index in [0.29, 0.717) is 12.0 Å². The Morgan fingerprint density at radius 3 is 2.67 bits per heavy atom. The average molecular weight is 263 g/mol. The van der Waals surface area contributed by atoms with Crippen LogP contribution in [0.3, 0.4) is 0 Å². The summed E-state index contributed by atoms with van der Waals surface area (Å²) in [4.78, 5) is 0. The molecule has 0 aliphatic rings. The van der Waals surface area contributed by atoms with E-state index >= 15 is 0 Å². The van der Waals surface area contributed by atoms with Crippen LogP contribution in [0.2, 0.25) is 5.02 Å². The van der Waals surface area contributed by atoms with Crippen molar-refractivity contribution in [3.05, 3.63) is 70.5 Å². The first-order valence-electron chi connectivity index (χ1n) is 5.83. The smallest absolute Gasteiger partial charge is 0.142 e. The summed E-state index contributed by atoms with van der Waals surface area (Å²) in [6.45, 7) is 0. The fraction of sp³-hybridized carbons (Fsp3) is 0.200. The summed E-state index contributed by atoms with van der Waals surface area (Å²) in [7, 11) is 0. The van der Waals surface area contributed by atoms with Crippen molar-refractivity contribution >= 4 is 11.6 Å². The first kappa shape index (κ1) is 13.1. The molecule has 0 unspecified atom stereocenters. The summed E-state index contributed by atoms with van der Waals surface area (Å²) in [6.07, 6.45) is 1.55. The van der Waals surface area contributed by atoms with Gasteiger partial charge in [-0.15, -0.1) is 0 Å². The molecule has 0 saturated carbocycles. The predicted molar refractivity (Wildman–Crippen MR) is 71.9 cm³/mol. The molecular weight excluding hydrogens is 249 g/mol. The van der Waals surface area contributed by atoms with Gasteiger partial charge in [-0.05, 0) is 36.1 Å². The van der Waals surface area contributed by atoms with Crippen molar-refractivity contribution in [1.29, 1.82) is 0 Å². The fourth-order valence-electron chi connectivity index (χ4n) is 1.85. The van der Waals surface area contributed by atoms with Gasteiger partial charge in [0.25, 0.3) is 0 Å². The van der Waals surface area contributed by atoms with Gasteiger partial charge in [-0.2, -0.15) is 0 Å². The Morgan fingerprint density at radius 2 is 1.94 bits per heavy atom. The Kier molecular flexibility index (Phi) is 4.34. The first-order valence-corrected chi connectivity index (χ1v) is 6.21. The minimum Gasteiger partial charge on any atom is -0.324 e. The Balaban J connectivity index is 2.04. The van der Waals surface area contributed by atoms with Gasteiger partial charge >= 0.3 is 0 Å². The summed E-state index contributed by atoms with van der Waals surface area (Å²) in [5.74, 6) is -0.444. The molecule has 0 amide bonds. The zero-order valence-corrected chi connectivity index (χ0v) is 10.6. The molecule has 0 fully saturated rings. The van der Waals surface area contributed by atoms with Gasteiger partial charge in [-0.3, -0.25) is 0 Å². The molecule has 2 rings (SSSR count). The largest absolute Gasteiger partial charge is 0.324 e. The van der Waals surface area contributed by atoms with Crippen LogP contribution in [0.1, 0.15) is 23.6 Å². The molecule has 1 radical (unpaired) electrons. The molecule has 18 heavy (non-hydrogen) atoms. The van der Waals surface area contributed by atoms with Crippen molar-refractivity contribution in [2.75, 3.05) is 0 Å². The standard InChI is InChI=1S/C15H14ClFN/c16-15-12(7-4-8-13(15)17)14(18)10-9-11-5-2-1-3-6-11/h1-6,8,14H,9-10,18H2/t14-/m1/s1. The van der Waals surface area contributed by atoms with Crippen LogP contribution < -0.4 is 5.73 Å². The number of halogens is 2. The monoisotopic (exact) mass is 262 g/mol. The van der Waals surface area contributed by atoms with Crippen LogP contribution in [0.25, 0.3) is 0 Å². The van der Waals surface area contributed by atoms with Gasteiger partial charge in [-0.25, -0.2) is 4.39 Å². The van der Waals surface area contributed by atoms with Gasteiger partial charge in [0.2, 0.25) is 0 Å². The van der Waals surface area contributed by atoms with Crippen LogP contribution in [0.15, 0.2) is 42.5 Å². The third kappa shape index (κ3) is 3.09. The van der Waals surface area contributed by atoms with Gasteiger partial charge in [0.1, 0.15) is 5.82 Å². The molecular formula is C15H14ClFN. The lowest BCUT2D eigenvalue weighted by Crippen LogP contribution is -2.12. The summed E-state index contributed by atoms with van der Waals surface area (Å²) in [6, 6.07) is 15.5. The van der Waals surface area contributed by atoms with Crippen LogP contribution >= 0.6 is 11.6 Å². The molecule has 1 nitrogen and oxygen atoms in total. The van der Waals surface area contributed by atoms with Gasteiger partial charge < -0.3 is 5.73 Å². The second kappa shape index (κ2) is 5.98. The summed E-state index contributed by atoms with van der Waals surface area (Å²) < 4.78 is 13.3. The van der Waals surface area contributed by atoms with Crippen molar-refractivity contribution in [1.82, 2.24) is 0 Å². The molecule has 0 spiro atoms. The molecule has 93 valence electrons. The van der Waals surface area contributed by atoms with E-state index in [1.165, 1.54) is 17.7 Å². The molecule has 0 bridgehead atoms. The van der Waals surface area contributed by atoms with E-state index in [1.54, 1.807) is 0 Å². The number of aryl methyl sites for hydroxylation is 1. The van der Waals surface area contributed by atoms with Crippen LogP contribution in [0.4, 0.5) is 4.39 Å². The molecule has 1 atom stereocenters. The first-order chi connectivity index (χ1) is 8.68. The number of nitrogens with two attached hydrogens (primary N) is 1. The van der Waals surface area contributed by atoms with Crippen molar-refractivity contribution in [3.63, 3.8) is 0 Å². The van der Waals surface area contributed by atoms with Crippen molar-refractivity contribution < 1.29 is 4.39 Å². The van der Waals surface area contributed by atoms with Crippen molar-refractivity contribution in [2.24, 2.45) is 5.73 Å². The van der Waals surface area contributed by atoms with E-state index in [2.05, 4.69) is 6.07 Å². The topological polar surface area (TPSA) is 26.0 Å². The third-order valence-corrected chi connectivity index (χ3v) is 3.26. The van der Waals surface area contributed by atoms with E-state index < -0.39 is 5.82 Å². The highest BCUT2D eigenvalue weighted by atomic mass is 35.5. The van der Waals surface area contributed by atoms with Gasteiger partial charge in [-0.1, -0.05) is 48.0 Å². The van der Waals surface area contributed by atoms with Gasteiger partial charge in [0, 0.05) is 6.04 Å². The molecule has 0 aliphatic heterocycles. The lowest BCUT2D eigenvalue weighted by Gasteiger charge is -2.13. The van der Waals surface area contributed by atoms with Crippen molar-refractivity contribution in [3.8, 4) is 0 Å². The number of rotatable bonds is 4. The maximum atomic E-state index is 13.3. The van der Waals surface area contributed by atoms with Crippen LogP contribution in [0, 0.1) is 11.9 Å². The summed E-state index contributed by atoms with van der Waals surface area (Å²) in [5.41, 5.74) is 7.79. The Morgan fingerprint density at radius 1 is 1.22 bits per heavy atom. The highest BCUT2D eigenvalue weighted by Crippen LogP contribution is 2.26. The SMILES string of the molecule is N[C@H](CCc1ccccc1)c1[c]ccc(F)c1Cl. The molecule has 3 heteroatoms. The van der Waals surface area contributed by atoms with E-state index in [0.717, 1.165) is 6.42 Å². The maximum Gasteiger partial charge on any atom is 0.142 e. The summed E-state index contributed by atoms with van der Waals surface area (Å²) >= 11 is 5.88. The van der Waals surface area contributed by atoms with Gasteiger partial charge in [0.15, 0.2) is 0 Å². The van der Waals surface area contributed by atoms with Crippen LogP contribution in [-0.4, -0.2) is 0 Å². The summed E-state index contributed by atoms with van der Waals surface area (Å²) in [5, 5.41) is 0.0815. The predicted octanol–water partition coefficient (Wildman–Crippen LogP) is 3.91. The van der Waals surface area contributed by atoms with Crippen LogP contribution in [0.5, 0.6) is 0 Å². The number of benzene rings is 2. The van der Waals surface area contributed by atoms with E-state index in [-0.39, 0.29) is 11.1 Å². The Bertz CT molecular complexity index is 513. The van der Waals surface area contributed by atoms with Gasteiger partial charge in [0.05, 0.1) is 5.02 Å². The third-order valence-electron chi connectivity index (χ3n) is 2.87. The lowest BCUT2D eigenvalue weighted by molar-refractivity contribution is 0.609. The molecule has 0 aromatic heterocycles. The van der Waals surface area contributed by atoms with E-state index in [1.807, 2.05) is 30.3 Å². The Hall–Kier alpha value is -1.38. The molecule has 2 aromatic carbocycles. The number of hydrogen-bond donors (Lipinski definition) is 1. The highest BCUT2D eigenvalue weighted by Gasteiger charge is 2.13. The quantitative estimate of drug-likeness (QED) is 0.888. The highest BCUT2D eigenvalue weighted by molar-refractivity contribution is 6.31. The normalized spacial score (nSPS) is 12.4. The van der Waals surface area contributed by atoms with Crippen LogP contribution in [-0.2, 0) is 6.42 Å². The van der Waals surface area contributed by atoms with E-state index in [9.17, 15) is 4.39 Å². The Labute approximate surface area is 111 Å². The molecule has 2 N–H and O–H groups in total. The average Bonchev–Trinajstić information content (AvgIpc) is 2.40. The second-order valence-electron chi connectivity index (χ2n) is 4.18. The zero-order valence-electron chi connectivity index (χ0n) is 9.87. The van der Waals surface area contributed by atoms with E-state index in [4.69, 9.17) is 17.3 Å². The zero-order chi connectivity index (χ0) is 13.0. The lowest BCUT2D eigenvalue weighted by atomic mass is 9.99.